The summed E-state index contributed by atoms with van der Waals surface area (Å²) in [5.74, 6) is 13.3. The fourth-order valence-electron chi connectivity index (χ4n) is 2.99. The molecule has 0 saturated heterocycles. The first-order valence-corrected chi connectivity index (χ1v) is 11.3. The Balaban J connectivity index is 1.75. The lowest BCUT2D eigenvalue weighted by Gasteiger charge is -2.04. The molecule has 0 saturated carbocycles. The highest BCUT2D eigenvalue weighted by molar-refractivity contribution is 5.42. The zero-order valence-electron chi connectivity index (χ0n) is 18.5. The number of aryl methyl sites for hydroxylation is 1. The Bertz CT molecular complexity index is 864. The minimum absolute atomic E-state index is 0.769. The van der Waals surface area contributed by atoms with E-state index in [4.69, 9.17) is 4.74 Å². The van der Waals surface area contributed by atoms with Crippen molar-refractivity contribution in [2.45, 2.75) is 65.2 Å². The molecule has 0 aliphatic heterocycles. The van der Waals surface area contributed by atoms with Gasteiger partial charge in [0.2, 0.25) is 0 Å². The SMILES string of the molecule is CCCCCCCc1ccc(C#CC=CC#Cc2ccc(OCCCC)cc2)cc1. The van der Waals surface area contributed by atoms with Crippen LogP contribution in [0.15, 0.2) is 60.7 Å². The van der Waals surface area contributed by atoms with Gasteiger partial charge in [0.15, 0.2) is 0 Å². The maximum absolute atomic E-state index is 5.66. The normalized spacial score (nSPS) is 10.2. The summed E-state index contributed by atoms with van der Waals surface area (Å²) in [7, 11) is 0. The highest BCUT2D eigenvalue weighted by Gasteiger charge is 1.95. The minimum atomic E-state index is 0.769. The molecule has 0 aromatic heterocycles. The van der Waals surface area contributed by atoms with Crippen LogP contribution in [0.4, 0.5) is 0 Å². The highest BCUT2D eigenvalue weighted by Crippen LogP contribution is 2.12. The number of unbranched alkanes of at least 4 members (excludes halogenated alkanes) is 5. The van der Waals surface area contributed by atoms with Gasteiger partial charge in [-0.05, 0) is 73.4 Å². The summed E-state index contributed by atoms with van der Waals surface area (Å²) in [6, 6.07) is 16.5. The molecular formula is C29H34O. The predicted molar refractivity (Wildman–Crippen MR) is 129 cm³/mol. The van der Waals surface area contributed by atoms with E-state index in [1.54, 1.807) is 12.2 Å². The monoisotopic (exact) mass is 398 g/mol. The lowest BCUT2D eigenvalue weighted by Crippen LogP contribution is -1.95. The second-order valence-electron chi connectivity index (χ2n) is 7.46. The molecule has 2 aromatic carbocycles. The second kappa shape index (κ2) is 15.0. The van der Waals surface area contributed by atoms with Gasteiger partial charge in [0.05, 0.1) is 6.61 Å². The van der Waals surface area contributed by atoms with Crippen molar-refractivity contribution in [1.29, 1.82) is 0 Å². The van der Waals surface area contributed by atoms with Crippen molar-refractivity contribution >= 4 is 0 Å². The molecule has 0 aliphatic rings. The third kappa shape index (κ3) is 10.0. The Hall–Kier alpha value is -2.90. The topological polar surface area (TPSA) is 9.23 Å². The molecule has 1 heteroatoms. The van der Waals surface area contributed by atoms with Gasteiger partial charge in [-0.2, -0.15) is 0 Å². The smallest absolute Gasteiger partial charge is 0.119 e. The van der Waals surface area contributed by atoms with Gasteiger partial charge in [-0.25, -0.2) is 0 Å². The van der Waals surface area contributed by atoms with E-state index in [9.17, 15) is 0 Å². The highest BCUT2D eigenvalue weighted by atomic mass is 16.5. The van der Waals surface area contributed by atoms with Crippen molar-refractivity contribution in [3.63, 3.8) is 0 Å². The van der Waals surface area contributed by atoms with E-state index in [-0.39, 0.29) is 0 Å². The third-order valence-electron chi connectivity index (χ3n) is 4.83. The van der Waals surface area contributed by atoms with Crippen molar-refractivity contribution < 1.29 is 4.74 Å². The molecule has 0 spiro atoms. The number of rotatable bonds is 10. The molecule has 2 rings (SSSR count). The molecule has 2 aromatic rings. The molecular weight excluding hydrogens is 364 g/mol. The van der Waals surface area contributed by atoms with E-state index in [0.29, 0.717) is 0 Å². The molecule has 1 nitrogen and oxygen atoms in total. The predicted octanol–water partition coefficient (Wildman–Crippen LogP) is 7.34. The first-order chi connectivity index (χ1) is 14.8. The van der Waals surface area contributed by atoms with Gasteiger partial charge in [-0.15, -0.1) is 0 Å². The first-order valence-electron chi connectivity index (χ1n) is 11.3. The van der Waals surface area contributed by atoms with Crippen LogP contribution < -0.4 is 4.74 Å². The Labute approximate surface area is 183 Å². The summed E-state index contributed by atoms with van der Waals surface area (Å²) in [5, 5.41) is 0. The van der Waals surface area contributed by atoms with Gasteiger partial charge in [0.25, 0.3) is 0 Å². The number of hydrogen-bond donors (Lipinski definition) is 0. The van der Waals surface area contributed by atoms with Crippen LogP contribution in [0.1, 0.15) is 75.5 Å². The summed E-state index contributed by atoms with van der Waals surface area (Å²) in [4.78, 5) is 0. The standard InChI is InChI=1S/C29H34O/c1-3-5-7-8-11-14-26-17-19-27(20-18-26)15-12-9-10-13-16-28-21-23-29(24-22-28)30-25-6-4-2/h9-10,17-24H,3-8,11,14,25H2,1-2H3. The van der Waals surface area contributed by atoms with Gasteiger partial charge in [0, 0.05) is 11.1 Å². The molecule has 0 amide bonds. The van der Waals surface area contributed by atoms with E-state index >= 15 is 0 Å². The van der Waals surface area contributed by atoms with Crippen LogP contribution in [0.3, 0.4) is 0 Å². The lowest BCUT2D eigenvalue weighted by atomic mass is 10.0. The molecule has 30 heavy (non-hydrogen) atoms. The number of allylic oxidation sites excluding steroid dienone is 2. The fourth-order valence-corrected chi connectivity index (χ4v) is 2.99. The van der Waals surface area contributed by atoms with Gasteiger partial charge >= 0.3 is 0 Å². The minimum Gasteiger partial charge on any atom is -0.494 e. The van der Waals surface area contributed by atoms with Gasteiger partial charge in [-0.1, -0.05) is 81.8 Å². The summed E-state index contributed by atoms with van der Waals surface area (Å²) in [6.45, 7) is 5.18. The Morgan fingerprint density at radius 3 is 1.83 bits per heavy atom. The van der Waals surface area contributed by atoms with E-state index in [1.807, 2.05) is 24.3 Å². The van der Waals surface area contributed by atoms with E-state index in [1.165, 1.54) is 44.1 Å². The third-order valence-corrected chi connectivity index (χ3v) is 4.83. The number of benzene rings is 2. The van der Waals surface area contributed by atoms with Gasteiger partial charge < -0.3 is 4.74 Å². The molecule has 0 bridgehead atoms. The van der Waals surface area contributed by atoms with Gasteiger partial charge in [0.1, 0.15) is 5.75 Å². The maximum Gasteiger partial charge on any atom is 0.119 e. The Morgan fingerprint density at radius 1 is 0.667 bits per heavy atom. The van der Waals surface area contributed by atoms with E-state index in [2.05, 4.69) is 61.8 Å². The van der Waals surface area contributed by atoms with Crippen LogP contribution >= 0.6 is 0 Å². The van der Waals surface area contributed by atoms with Crippen molar-refractivity contribution in [2.24, 2.45) is 0 Å². The molecule has 0 aliphatic carbocycles. The molecule has 0 N–H and O–H groups in total. The maximum atomic E-state index is 5.66. The molecule has 0 atom stereocenters. The molecule has 0 heterocycles. The summed E-state index contributed by atoms with van der Waals surface area (Å²) in [5.41, 5.74) is 3.42. The summed E-state index contributed by atoms with van der Waals surface area (Å²) in [6.07, 6.45) is 13.6. The fraction of sp³-hybridized carbons (Fsp3) is 0.379. The molecule has 0 radical (unpaired) electrons. The molecule has 156 valence electrons. The molecule has 0 fully saturated rings. The van der Waals surface area contributed by atoms with Crippen molar-refractivity contribution in [3.05, 3.63) is 77.4 Å². The average molecular weight is 399 g/mol. The van der Waals surface area contributed by atoms with Crippen LogP contribution in [-0.4, -0.2) is 6.61 Å². The first kappa shape index (κ1) is 23.4. The Morgan fingerprint density at radius 2 is 1.23 bits per heavy atom. The van der Waals surface area contributed by atoms with Crippen LogP contribution in [0.5, 0.6) is 5.75 Å². The van der Waals surface area contributed by atoms with Crippen molar-refractivity contribution in [2.75, 3.05) is 6.61 Å². The largest absolute Gasteiger partial charge is 0.494 e. The van der Waals surface area contributed by atoms with Crippen LogP contribution in [0.2, 0.25) is 0 Å². The van der Waals surface area contributed by atoms with E-state index in [0.717, 1.165) is 36.3 Å². The van der Waals surface area contributed by atoms with Crippen LogP contribution in [0, 0.1) is 23.7 Å². The quantitative estimate of drug-likeness (QED) is 0.300. The van der Waals surface area contributed by atoms with Crippen LogP contribution in [-0.2, 0) is 6.42 Å². The second-order valence-corrected chi connectivity index (χ2v) is 7.46. The average Bonchev–Trinajstić information content (AvgIpc) is 2.78. The zero-order valence-corrected chi connectivity index (χ0v) is 18.5. The summed E-state index contributed by atoms with van der Waals surface area (Å²) < 4.78 is 5.66. The van der Waals surface area contributed by atoms with Gasteiger partial charge in [-0.3, -0.25) is 0 Å². The Kier molecular flexibility index (Phi) is 11.7. The van der Waals surface area contributed by atoms with Crippen molar-refractivity contribution in [3.8, 4) is 29.4 Å². The number of ether oxygens (including phenoxy) is 1. The van der Waals surface area contributed by atoms with E-state index < -0.39 is 0 Å². The zero-order chi connectivity index (χ0) is 21.3. The number of hydrogen-bond acceptors (Lipinski definition) is 1. The van der Waals surface area contributed by atoms with Crippen molar-refractivity contribution in [1.82, 2.24) is 0 Å². The summed E-state index contributed by atoms with van der Waals surface area (Å²) >= 11 is 0. The van der Waals surface area contributed by atoms with Crippen LogP contribution in [0.25, 0.3) is 0 Å². The molecule has 0 unspecified atom stereocenters. The lowest BCUT2D eigenvalue weighted by molar-refractivity contribution is 0.309.